The van der Waals surface area contributed by atoms with Crippen molar-refractivity contribution in [2.45, 2.75) is 6.42 Å². The molecule has 1 fully saturated rings. The van der Waals surface area contributed by atoms with Gasteiger partial charge in [0.1, 0.15) is 0 Å². The molecule has 1 aromatic carbocycles. The van der Waals surface area contributed by atoms with Crippen molar-refractivity contribution >= 4 is 34.8 Å². The highest BCUT2D eigenvalue weighted by Crippen LogP contribution is 2.25. The van der Waals surface area contributed by atoms with Gasteiger partial charge in [0.15, 0.2) is 0 Å². The van der Waals surface area contributed by atoms with Gasteiger partial charge in [0, 0.05) is 31.1 Å². The molecule has 0 aromatic heterocycles. The summed E-state index contributed by atoms with van der Waals surface area (Å²) in [5.74, 6) is -0.0456. The van der Waals surface area contributed by atoms with E-state index in [4.69, 9.17) is 27.9 Å². The number of amides is 1. The van der Waals surface area contributed by atoms with E-state index in [1.54, 1.807) is 18.2 Å². The quantitative estimate of drug-likeness (QED) is 0.930. The zero-order valence-electron chi connectivity index (χ0n) is 10.5. The maximum Gasteiger partial charge on any atom is 0.225 e. The fourth-order valence-corrected chi connectivity index (χ4v) is 2.34. The molecule has 1 N–H and O–H groups in total. The number of nitrogens with zero attached hydrogens (tertiary/aromatic N) is 1. The first-order valence-corrected chi connectivity index (χ1v) is 6.96. The predicted octanol–water partition coefficient (Wildman–Crippen LogP) is 2.65. The van der Waals surface area contributed by atoms with E-state index in [0.29, 0.717) is 22.2 Å². The SMILES string of the molecule is O=C(CCN1CCOCC1)Nc1ccc(Cl)cc1Cl. The van der Waals surface area contributed by atoms with Crippen LogP contribution in [0.4, 0.5) is 5.69 Å². The summed E-state index contributed by atoms with van der Waals surface area (Å²) in [4.78, 5) is 14.0. The second-order valence-corrected chi connectivity index (χ2v) is 5.22. The summed E-state index contributed by atoms with van der Waals surface area (Å²) in [7, 11) is 0. The molecule has 0 aliphatic carbocycles. The van der Waals surface area contributed by atoms with Crippen molar-refractivity contribution in [3.63, 3.8) is 0 Å². The van der Waals surface area contributed by atoms with Gasteiger partial charge >= 0.3 is 0 Å². The van der Waals surface area contributed by atoms with E-state index in [1.807, 2.05) is 0 Å². The highest BCUT2D eigenvalue weighted by atomic mass is 35.5. The Morgan fingerprint density at radius 3 is 2.74 bits per heavy atom. The van der Waals surface area contributed by atoms with Gasteiger partial charge in [-0.2, -0.15) is 0 Å². The number of hydrogen-bond acceptors (Lipinski definition) is 3. The first-order valence-electron chi connectivity index (χ1n) is 6.20. The second-order valence-electron chi connectivity index (χ2n) is 4.38. The molecule has 0 saturated carbocycles. The van der Waals surface area contributed by atoms with Crippen molar-refractivity contribution in [1.82, 2.24) is 4.90 Å². The molecule has 1 aliphatic heterocycles. The van der Waals surface area contributed by atoms with Crippen LogP contribution in [-0.4, -0.2) is 43.7 Å². The van der Waals surface area contributed by atoms with Gasteiger partial charge < -0.3 is 10.1 Å². The highest BCUT2D eigenvalue weighted by molar-refractivity contribution is 6.36. The van der Waals surface area contributed by atoms with E-state index >= 15 is 0 Å². The van der Waals surface area contributed by atoms with Crippen molar-refractivity contribution < 1.29 is 9.53 Å². The average molecular weight is 303 g/mol. The van der Waals surface area contributed by atoms with Crippen LogP contribution in [0, 0.1) is 0 Å². The van der Waals surface area contributed by atoms with Crippen LogP contribution in [0.1, 0.15) is 6.42 Å². The number of hydrogen-bond donors (Lipinski definition) is 1. The number of morpholine rings is 1. The average Bonchev–Trinajstić information content (AvgIpc) is 2.41. The Kier molecular flexibility index (Phi) is 5.45. The van der Waals surface area contributed by atoms with Gasteiger partial charge in [-0.3, -0.25) is 9.69 Å². The molecule has 1 heterocycles. The van der Waals surface area contributed by atoms with E-state index in [2.05, 4.69) is 10.2 Å². The summed E-state index contributed by atoms with van der Waals surface area (Å²) < 4.78 is 5.26. The molecule has 1 amide bonds. The minimum absolute atomic E-state index is 0.0456. The number of nitrogens with one attached hydrogen (secondary N) is 1. The number of ether oxygens (including phenoxy) is 1. The number of carbonyl (C=O) groups excluding carboxylic acids is 1. The second kappa shape index (κ2) is 7.10. The molecule has 6 heteroatoms. The third kappa shape index (κ3) is 4.66. The first-order chi connectivity index (χ1) is 9.15. The molecule has 0 atom stereocenters. The normalized spacial score (nSPS) is 16.3. The zero-order valence-corrected chi connectivity index (χ0v) is 12.0. The lowest BCUT2D eigenvalue weighted by Gasteiger charge is -2.26. The van der Waals surface area contributed by atoms with E-state index in [-0.39, 0.29) is 5.91 Å². The van der Waals surface area contributed by atoms with E-state index in [0.717, 1.165) is 32.8 Å². The van der Waals surface area contributed by atoms with Crippen LogP contribution in [0.5, 0.6) is 0 Å². The van der Waals surface area contributed by atoms with Crippen LogP contribution >= 0.6 is 23.2 Å². The topological polar surface area (TPSA) is 41.6 Å². The molecule has 4 nitrogen and oxygen atoms in total. The van der Waals surface area contributed by atoms with Gasteiger partial charge in [-0.15, -0.1) is 0 Å². The Labute approximate surface area is 122 Å². The molecule has 0 radical (unpaired) electrons. The Bertz CT molecular complexity index is 448. The standard InChI is InChI=1S/C13H16Cl2N2O2/c14-10-1-2-12(11(15)9-10)16-13(18)3-4-17-5-7-19-8-6-17/h1-2,9H,3-8H2,(H,16,18). The summed E-state index contributed by atoms with van der Waals surface area (Å²) in [6, 6.07) is 5.02. The van der Waals surface area contributed by atoms with Crippen molar-refractivity contribution in [3.8, 4) is 0 Å². The molecule has 0 spiro atoms. The summed E-state index contributed by atoms with van der Waals surface area (Å²) >= 11 is 11.8. The lowest BCUT2D eigenvalue weighted by atomic mass is 10.3. The highest BCUT2D eigenvalue weighted by Gasteiger charge is 2.12. The Balaban J connectivity index is 1.80. The molecule has 2 rings (SSSR count). The molecular weight excluding hydrogens is 287 g/mol. The van der Waals surface area contributed by atoms with Crippen LogP contribution in [0.3, 0.4) is 0 Å². The smallest absolute Gasteiger partial charge is 0.225 e. The maximum absolute atomic E-state index is 11.8. The molecule has 1 saturated heterocycles. The molecule has 104 valence electrons. The van der Waals surface area contributed by atoms with E-state index in [9.17, 15) is 4.79 Å². The lowest BCUT2D eigenvalue weighted by molar-refractivity contribution is -0.116. The fourth-order valence-electron chi connectivity index (χ4n) is 1.89. The number of benzene rings is 1. The van der Waals surface area contributed by atoms with Crippen LogP contribution in [0.25, 0.3) is 0 Å². The van der Waals surface area contributed by atoms with E-state index in [1.165, 1.54) is 0 Å². The molecule has 1 aliphatic rings. The van der Waals surface area contributed by atoms with Gasteiger partial charge in [0.2, 0.25) is 5.91 Å². The van der Waals surface area contributed by atoms with Crippen molar-refractivity contribution in [2.24, 2.45) is 0 Å². The van der Waals surface area contributed by atoms with Crippen LogP contribution < -0.4 is 5.32 Å². The fraction of sp³-hybridized carbons (Fsp3) is 0.462. The molecule has 1 aromatic rings. The minimum Gasteiger partial charge on any atom is -0.379 e. The first kappa shape index (κ1) is 14.6. The summed E-state index contributed by atoms with van der Waals surface area (Å²) in [6.45, 7) is 3.99. The summed E-state index contributed by atoms with van der Waals surface area (Å²) in [5, 5.41) is 3.79. The van der Waals surface area contributed by atoms with Gasteiger partial charge in [0.05, 0.1) is 23.9 Å². The third-order valence-electron chi connectivity index (χ3n) is 2.96. The summed E-state index contributed by atoms with van der Waals surface area (Å²) in [5.41, 5.74) is 0.595. The van der Waals surface area contributed by atoms with Crippen LogP contribution in [0.15, 0.2) is 18.2 Å². The maximum atomic E-state index is 11.8. The monoisotopic (exact) mass is 302 g/mol. The zero-order chi connectivity index (χ0) is 13.7. The Morgan fingerprint density at radius 1 is 1.32 bits per heavy atom. The Hall–Kier alpha value is -0.810. The summed E-state index contributed by atoms with van der Waals surface area (Å²) in [6.07, 6.45) is 0.443. The van der Waals surface area contributed by atoms with Crippen molar-refractivity contribution in [1.29, 1.82) is 0 Å². The molecule has 0 unspecified atom stereocenters. The van der Waals surface area contributed by atoms with Gasteiger partial charge in [-0.1, -0.05) is 23.2 Å². The number of rotatable bonds is 4. The molecule has 0 bridgehead atoms. The number of halogens is 2. The van der Waals surface area contributed by atoms with Crippen molar-refractivity contribution in [3.05, 3.63) is 28.2 Å². The predicted molar refractivity (Wildman–Crippen MR) is 77.0 cm³/mol. The molecule has 19 heavy (non-hydrogen) atoms. The van der Waals surface area contributed by atoms with Crippen molar-refractivity contribution in [2.75, 3.05) is 38.2 Å². The van der Waals surface area contributed by atoms with Crippen LogP contribution in [-0.2, 0) is 9.53 Å². The van der Waals surface area contributed by atoms with Gasteiger partial charge in [0.25, 0.3) is 0 Å². The van der Waals surface area contributed by atoms with Gasteiger partial charge in [-0.25, -0.2) is 0 Å². The Morgan fingerprint density at radius 2 is 2.05 bits per heavy atom. The lowest BCUT2D eigenvalue weighted by Crippen LogP contribution is -2.38. The number of anilines is 1. The van der Waals surface area contributed by atoms with Crippen LogP contribution in [0.2, 0.25) is 10.0 Å². The van der Waals surface area contributed by atoms with E-state index < -0.39 is 0 Å². The molecular formula is C13H16Cl2N2O2. The third-order valence-corrected chi connectivity index (χ3v) is 3.51. The minimum atomic E-state index is -0.0456. The largest absolute Gasteiger partial charge is 0.379 e. The number of carbonyl (C=O) groups is 1. The van der Waals surface area contributed by atoms with Gasteiger partial charge in [-0.05, 0) is 18.2 Å².